The molecule has 1 rings (SSSR count). The fourth-order valence-corrected chi connectivity index (χ4v) is 0.956. The van der Waals surface area contributed by atoms with Gasteiger partial charge >= 0.3 is 0 Å². The molecule has 0 aliphatic heterocycles. The Hall–Kier alpha value is -1.84. The van der Waals surface area contributed by atoms with Crippen LogP contribution in [-0.4, -0.2) is 11.7 Å². The van der Waals surface area contributed by atoms with Crippen LogP contribution in [0.15, 0.2) is 18.2 Å². The molecule has 0 unspecified atom stereocenters. The smallest absolute Gasteiger partial charge is 0.142 e. The molecule has 2 nitrogen and oxygen atoms in total. The molecule has 14 heavy (non-hydrogen) atoms. The molecule has 0 bridgehead atoms. The molecule has 0 atom stereocenters. The lowest BCUT2D eigenvalue weighted by Gasteiger charge is -1.95. The highest BCUT2D eigenvalue weighted by Crippen LogP contribution is 2.10. The van der Waals surface area contributed by atoms with Crippen LogP contribution in [0.2, 0.25) is 0 Å². The molecule has 0 fully saturated rings. The molecule has 0 radical (unpaired) electrons. The Bertz CT molecular complexity index is 423. The van der Waals surface area contributed by atoms with Crippen molar-refractivity contribution in [2.24, 2.45) is 0 Å². The predicted molar refractivity (Wildman–Crippen MR) is 49.7 cm³/mol. The maximum absolute atomic E-state index is 13.0. The Kier molecular flexibility index (Phi) is 3.67. The summed E-state index contributed by atoms with van der Waals surface area (Å²) in [6.45, 7) is -0.0375. The number of rotatable bonds is 1. The van der Waals surface area contributed by atoms with Crippen LogP contribution in [0.25, 0.3) is 0 Å². The van der Waals surface area contributed by atoms with E-state index in [4.69, 9.17) is 10.4 Å². The molecule has 1 N–H and O–H groups in total. The number of hydrogen-bond acceptors (Lipinski definition) is 2. The first-order chi connectivity index (χ1) is 6.79. The Morgan fingerprint density at radius 3 is 2.86 bits per heavy atom. The SMILES string of the molecule is N#Cc1c(F)cccc1C#CCCO. The molecule has 0 saturated carbocycles. The van der Waals surface area contributed by atoms with E-state index in [1.807, 2.05) is 0 Å². The van der Waals surface area contributed by atoms with Gasteiger partial charge in [-0.2, -0.15) is 5.26 Å². The topological polar surface area (TPSA) is 44.0 Å². The van der Waals surface area contributed by atoms with Crippen LogP contribution in [0.3, 0.4) is 0 Å². The number of benzene rings is 1. The van der Waals surface area contributed by atoms with Crippen molar-refractivity contribution in [2.45, 2.75) is 6.42 Å². The zero-order valence-electron chi connectivity index (χ0n) is 7.42. The second-order valence-electron chi connectivity index (χ2n) is 2.55. The molecule has 0 aromatic heterocycles. The second kappa shape index (κ2) is 5.01. The summed E-state index contributed by atoms with van der Waals surface area (Å²) in [6.07, 6.45) is 0.321. The normalized spacial score (nSPS) is 8.64. The summed E-state index contributed by atoms with van der Waals surface area (Å²) in [7, 11) is 0. The molecular weight excluding hydrogens is 181 g/mol. The van der Waals surface area contributed by atoms with E-state index in [1.54, 1.807) is 12.1 Å². The summed E-state index contributed by atoms with van der Waals surface area (Å²) >= 11 is 0. The Morgan fingerprint density at radius 1 is 1.43 bits per heavy atom. The molecule has 1 aromatic rings. The fourth-order valence-electron chi connectivity index (χ4n) is 0.956. The first-order valence-electron chi connectivity index (χ1n) is 4.08. The largest absolute Gasteiger partial charge is 0.395 e. The van der Waals surface area contributed by atoms with Crippen LogP contribution in [0.5, 0.6) is 0 Å². The summed E-state index contributed by atoms with van der Waals surface area (Å²) in [5.41, 5.74) is 0.318. The minimum atomic E-state index is -0.566. The number of hydrogen-bond donors (Lipinski definition) is 1. The third kappa shape index (κ3) is 2.32. The van der Waals surface area contributed by atoms with E-state index in [1.165, 1.54) is 12.1 Å². The summed E-state index contributed by atoms with van der Waals surface area (Å²) < 4.78 is 13.0. The van der Waals surface area contributed by atoms with Crippen LogP contribution in [0.1, 0.15) is 17.5 Å². The van der Waals surface area contributed by atoms with E-state index in [2.05, 4.69) is 11.8 Å². The lowest BCUT2D eigenvalue weighted by atomic mass is 10.1. The van der Waals surface area contributed by atoms with Gasteiger partial charge < -0.3 is 5.11 Å². The third-order valence-electron chi connectivity index (χ3n) is 1.59. The van der Waals surface area contributed by atoms with Crippen molar-refractivity contribution in [1.29, 1.82) is 5.26 Å². The Balaban J connectivity index is 3.06. The van der Waals surface area contributed by atoms with Crippen molar-refractivity contribution in [3.63, 3.8) is 0 Å². The van der Waals surface area contributed by atoms with E-state index in [0.29, 0.717) is 12.0 Å². The maximum Gasteiger partial charge on any atom is 0.142 e. The van der Waals surface area contributed by atoms with Crippen LogP contribution >= 0.6 is 0 Å². The van der Waals surface area contributed by atoms with Crippen molar-refractivity contribution in [1.82, 2.24) is 0 Å². The van der Waals surface area contributed by atoms with Crippen molar-refractivity contribution in [3.05, 3.63) is 35.1 Å². The first-order valence-corrected chi connectivity index (χ1v) is 4.08. The standard InChI is InChI=1S/C11H8FNO/c12-11-6-3-5-9(10(11)8-13)4-1-2-7-14/h3,5-6,14H,2,7H2. The van der Waals surface area contributed by atoms with Crippen LogP contribution < -0.4 is 0 Å². The van der Waals surface area contributed by atoms with Crippen LogP contribution in [-0.2, 0) is 0 Å². The van der Waals surface area contributed by atoms with Gasteiger partial charge in [0.25, 0.3) is 0 Å². The maximum atomic E-state index is 13.0. The average molecular weight is 189 g/mol. The van der Waals surface area contributed by atoms with Crippen molar-refractivity contribution in [2.75, 3.05) is 6.61 Å². The predicted octanol–water partition coefficient (Wildman–Crippen LogP) is 1.43. The lowest BCUT2D eigenvalue weighted by Crippen LogP contribution is -1.88. The van der Waals surface area contributed by atoms with Crippen molar-refractivity contribution >= 4 is 0 Å². The molecule has 0 amide bonds. The van der Waals surface area contributed by atoms with Gasteiger partial charge in [0, 0.05) is 12.0 Å². The van der Waals surface area contributed by atoms with E-state index in [-0.39, 0.29) is 12.2 Å². The minimum Gasteiger partial charge on any atom is -0.395 e. The van der Waals surface area contributed by atoms with Gasteiger partial charge in [-0.05, 0) is 12.1 Å². The van der Waals surface area contributed by atoms with Gasteiger partial charge in [0.1, 0.15) is 17.4 Å². The van der Waals surface area contributed by atoms with E-state index in [0.717, 1.165) is 0 Å². The molecule has 0 spiro atoms. The molecule has 0 saturated heterocycles. The molecule has 3 heteroatoms. The monoisotopic (exact) mass is 189 g/mol. The molecule has 70 valence electrons. The van der Waals surface area contributed by atoms with Gasteiger partial charge in [-0.1, -0.05) is 17.9 Å². The van der Waals surface area contributed by atoms with E-state index >= 15 is 0 Å². The van der Waals surface area contributed by atoms with Gasteiger partial charge in [0.2, 0.25) is 0 Å². The van der Waals surface area contributed by atoms with Gasteiger partial charge in [0.15, 0.2) is 0 Å². The first kappa shape index (κ1) is 10.2. The van der Waals surface area contributed by atoms with Crippen molar-refractivity contribution in [3.8, 4) is 17.9 Å². The number of halogens is 1. The van der Waals surface area contributed by atoms with Crippen LogP contribution in [0, 0.1) is 29.0 Å². The quantitative estimate of drug-likeness (QED) is 0.679. The minimum absolute atomic E-state index is 0.0375. The zero-order valence-corrected chi connectivity index (χ0v) is 7.42. The molecule has 0 heterocycles. The van der Waals surface area contributed by atoms with Gasteiger partial charge in [-0.15, -0.1) is 0 Å². The molecule has 1 aromatic carbocycles. The molecule has 0 aliphatic carbocycles. The lowest BCUT2D eigenvalue weighted by molar-refractivity contribution is 0.305. The van der Waals surface area contributed by atoms with Crippen LogP contribution in [0.4, 0.5) is 4.39 Å². The number of nitrogens with zero attached hydrogens (tertiary/aromatic N) is 1. The number of aliphatic hydroxyl groups is 1. The van der Waals surface area contributed by atoms with E-state index < -0.39 is 5.82 Å². The van der Waals surface area contributed by atoms with Gasteiger partial charge in [-0.3, -0.25) is 0 Å². The summed E-state index contributed by atoms with van der Waals surface area (Å²) in [5, 5.41) is 17.1. The fraction of sp³-hybridized carbons (Fsp3) is 0.182. The number of nitriles is 1. The molecule has 0 aliphatic rings. The highest BCUT2D eigenvalue weighted by molar-refractivity contribution is 5.48. The van der Waals surface area contributed by atoms with Gasteiger partial charge in [0.05, 0.1) is 6.61 Å². The highest BCUT2D eigenvalue weighted by Gasteiger charge is 2.04. The summed E-state index contributed by atoms with van der Waals surface area (Å²) in [5.74, 6) is 4.70. The van der Waals surface area contributed by atoms with E-state index in [9.17, 15) is 4.39 Å². The highest BCUT2D eigenvalue weighted by atomic mass is 19.1. The second-order valence-corrected chi connectivity index (χ2v) is 2.55. The molecular formula is C11H8FNO. The summed E-state index contributed by atoms with van der Waals surface area (Å²) in [6, 6.07) is 6.04. The summed E-state index contributed by atoms with van der Waals surface area (Å²) in [4.78, 5) is 0. The Morgan fingerprint density at radius 2 is 2.21 bits per heavy atom. The van der Waals surface area contributed by atoms with Gasteiger partial charge in [-0.25, -0.2) is 4.39 Å². The van der Waals surface area contributed by atoms with Crippen molar-refractivity contribution < 1.29 is 9.50 Å². The zero-order chi connectivity index (χ0) is 10.4. The Labute approximate surface area is 81.6 Å². The average Bonchev–Trinajstić information content (AvgIpc) is 2.18. The third-order valence-corrected chi connectivity index (χ3v) is 1.59. The number of aliphatic hydroxyl groups excluding tert-OH is 1.